The number of pyridine rings is 1. The summed E-state index contributed by atoms with van der Waals surface area (Å²) >= 11 is 0. The van der Waals surface area contributed by atoms with Gasteiger partial charge in [0.1, 0.15) is 17.0 Å². The molecular formula is C20H18F6N2O4. The van der Waals surface area contributed by atoms with E-state index in [1.165, 1.54) is 32.2 Å². The van der Waals surface area contributed by atoms with Crippen molar-refractivity contribution in [1.82, 2.24) is 9.88 Å². The zero-order valence-corrected chi connectivity index (χ0v) is 16.7. The number of amides is 1. The molecular weight excluding hydrogens is 446 g/mol. The third-order valence-corrected chi connectivity index (χ3v) is 5.40. The van der Waals surface area contributed by atoms with Crippen LogP contribution in [0.2, 0.25) is 0 Å². The molecule has 0 aliphatic carbocycles. The first-order valence-corrected chi connectivity index (χ1v) is 9.23. The lowest BCUT2D eigenvalue weighted by molar-refractivity contribution is -0.180. The summed E-state index contributed by atoms with van der Waals surface area (Å²) in [5.74, 6) is -2.47. The highest BCUT2D eigenvalue weighted by Gasteiger charge is 2.58. The quantitative estimate of drug-likeness (QED) is 0.685. The highest BCUT2D eigenvalue weighted by Crippen LogP contribution is 2.49. The van der Waals surface area contributed by atoms with Gasteiger partial charge in [0, 0.05) is 17.8 Å². The predicted molar refractivity (Wildman–Crippen MR) is 99.0 cm³/mol. The molecule has 2 heterocycles. The average Bonchev–Trinajstić information content (AvgIpc) is 2.66. The molecule has 0 bridgehead atoms. The number of aliphatic hydroxyl groups is 1. The second-order valence-corrected chi connectivity index (χ2v) is 7.82. The van der Waals surface area contributed by atoms with Crippen LogP contribution in [-0.4, -0.2) is 39.5 Å². The van der Waals surface area contributed by atoms with Crippen LogP contribution < -0.4 is 15.6 Å². The van der Waals surface area contributed by atoms with Gasteiger partial charge < -0.3 is 19.7 Å². The minimum atomic E-state index is -5.27. The van der Waals surface area contributed by atoms with Crippen LogP contribution in [0.25, 0.3) is 0 Å². The van der Waals surface area contributed by atoms with Gasteiger partial charge in [0.25, 0.3) is 5.56 Å². The molecule has 12 heteroatoms. The van der Waals surface area contributed by atoms with Gasteiger partial charge in [0.05, 0.1) is 18.2 Å². The molecule has 0 fully saturated rings. The van der Waals surface area contributed by atoms with E-state index in [9.17, 15) is 41.0 Å². The van der Waals surface area contributed by atoms with Crippen LogP contribution in [0.3, 0.4) is 0 Å². The summed E-state index contributed by atoms with van der Waals surface area (Å²) in [6, 6.07) is 4.58. The van der Waals surface area contributed by atoms with Gasteiger partial charge in [-0.05, 0) is 38.1 Å². The summed E-state index contributed by atoms with van der Waals surface area (Å²) in [5.41, 5.74) is -6.33. The number of fused-ring (bicyclic) bond motifs is 1. The minimum absolute atomic E-state index is 0.101. The SMILES string of the molecule is CC1(C)Oc2ccc(C(F)(F)F)cc2C(n2ccccc2=O)C1(O)CNC(=O)C(F)(F)F. The molecule has 1 aromatic heterocycles. The monoisotopic (exact) mass is 464 g/mol. The van der Waals surface area contributed by atoms with Crippen LogP contribution in [0.4, 0.5) is 26.3 Å². The maximum atomic E-state index is 13.3. The zero-order valence-electron chi connectivity index (χ0n) is 16.7. The van der Waals surface area contributed by atoms with Gasteiger partial charge in [0.2, 0.25) is 0 Å². The van der Waals surface area contributed by atoms with Crippen LogP contribution in [-0.2, 0) is 11.0 Å². The van der Waals surface area contributed by atoms with Crippen LogP contribution in [0.15, 0.2) is 47.4 Å². The molecule has 1 aromatic carbocycles. The highest BCUT2D eigenvalue weighted by molar-refractivity contribution is 5.81. The standard InChI is InChI=1S/C20H18F6N2O4/c1-17(2)18(31,10-27-16(30)20(24,25)26)15(28-8-4-3-5-14(28)29)12-9-11(19(21,22)23)6-7-13(12)32-17/h3-9,15,31H,10H2,1-2H3,(H,27,30). The molecule has 32 heavy (non-hydrogen) atoms. The Balaban J connectivity index is 2.24. The smallest absolute Gasteiger partial charge is 0.471 e. The predicted octanol–water partition coefficient (Wildman–Crippen LogP) is 3.04. The second-order valence-electron chi connectivity index (χ2n) is 7.82. The minimum Gasteiger partial charge on any atom is -0.484 e. The van der Waals surface area contributed by atoms with E-state index in [1.807, 2.05) is 0 Å². The third kappa shape index (κ3) is 4.06. The van der Waals surface area contributed by atoms with Gasteiger partial charge in [-0.25, -0.2) is 0 Å². The van der Waals surface area contributed by atoms with Crippen molar-refractivity contribution in [3.8, 4) is 5.75 Å². The highest BCUT2D eigenvalue weighted by atomic mass is 19.4. The molecule has 3 rings (SSSR count). The summed E-state index contributed by atoms with van der Waals surface area (Å²) in [4.78, 5) is 23.9. The number of alkyl halides is 6. The van der Waals surface area contributed by atoms with E-state index in [0.717, 1.165) is 22.8 Å². The van der Waals surface area contributed by atoms with Crippen molar-refractivity contribution in [3.05, 3.63) is 64.1 Å². The largest absolute Gasteiger partial charge is 0.484 e. The molecule has 2 N–H and O–H groups in total. The number of aromatic nitrogens is 1. The first kappa shape index (κ1) is 23.6. The number of nitrogens with zero attached hydrogens (tertiary/aromatic N) is 1. The van der Waals surface area contributed by atoms with E-state index in [-0.39, 0.29) is 11.3 Å². The Hall–Kier alpha value is -3.02. The van der Waals surface area contributed by atoms with Crippen LogP contribution in [0.5, 0.6) is 5.75 Å². The van der Waals surface area contributed by atoms with Crippen LogP contribution >= 0.6 is 0 Å². The summed E-state index contributed by atoms with van der Waals surface area (Å²) in [6.45, 7) is 1.50. The molecule has 1 aliphatic rings. The van der Waals surface area contributed by atoms with Gasteiger partial charge in [-0.3, -0.25) is 9.59 Å². The zero-order chi connectivity index (χ0) is 24.1. The van der Waals surface area contributed by atoms with E-state index in [2.05, 4.69) is 0 Å². The Morgan fingerprint density at radius 3 is 2.38 bits per heavy atom. The van der Waals surface area contributed by atoms with Crippen molar-refractivity contribution in [2.45, 2.75) is 43.4 Å². The maximum absolute atomic E-state index is 13.3. The number of carbonyl (C=O) groups excluding carboxylic acids is 1. The van der Waals surface area contributed by atoms with Crippen molar-refractivity contribution in [2.24, 2.45) is 0 Å². The average molecular weight is 464 g/mol. The summed E-state index contributed by atoms with van der Waals surface area (Å²) in [7, 11) is 0. The normalized spacial score (nSPS) is 22.6. The van der Waals surface area contributed by atoms with Crippen molar-refractivity contribution >= 4 is 5.91 Å². The van der Waals surface area contributed by atoms with E-state index < -0.39 is 53.2 Å². The van der Waals surface area contributed by atoms with Gasteiger partial charge >= 0.3 is 18.3 Å². The van der Waals surface area contributed by atoms with Gasteiger partial charge in [0.15, 0.2) is 0 Å². The number of halogens is 6. The molecule has 0 radical (unpaired) electrons. The Morgan fingerprint density at radius 1 is 1.16 bits per heavy atom. The number of hydrogen-bond acceptors (Lipinski definition) is 4. The van der Waals surface area contributed by atoms with E-state index in [0.29, 0.717) is 6.07 Å². The molecule has 2 unspecified atom stereocenters. The van der Waals surface area contributed by atoms with E-state index >= 15 is 0 Å². The molecule has 174 valence electrons. The van der Waals surface area contributed by atoms with E-state index in [4.69, 9.17) is 4.74 Å². The molecule has 1 amide bonds. The number of ether oxygens (including phenoxy) is 1. The molecule has 0 spiro atoms. The van der Waals surface area contributed by atoms with Crippen molar-refractivity contribution in [3.63, 3.8) is 0 Å². The molecule has 0 saturated heterocycles. The Bertz CT molecular complexity index is 1090. The van der Waals surface area contributed by atoms with Crippen LogP contribution in [0.1, 0.15) is 31.0 Å². The fourth-order valence-corrected chi connectivity index (χ4v) is 3.64. The fraction of sp³-hybridized carbons (Fsp3) is 0.400. The van der Waals surface area contributed by atoms with Crippen molar-refractivity contribution < 1.29 is 41.0 Å². The number of hydrogen-bond donors (Lipinski definition) is 2. The van der Waals surface area contributed by atoms with Gasteiger partial charge in [-0.15, -0.1) is 0 Å². The maximum Gasteiger partial charge on any atom is 0.471 e. The molecule has 1 aliphatic heterocycles. The second kappa shape index (κ2) is 7.54. The molecule has 2 aromatic rings. The van der Waals surface area contributed by atoms with E-state index in [1.54, 1.807) is 5.32 Å². The summed E-state index contributed by atoms with van der Waals surface area (Å²) < 4.78 is 84.7. The number of nitrogens with one attached hydrogen (secondary N) is 1. The molecule has 6 nitrogen and oxygen atoms in total. The van der Waals surface area contributed by atoms with Crippen LogP contribution in [0, 0.1) is 0 Å². The fourth-order valence-electron chi connectivity index (χ4n) is 3.64. The van der Waals surface area contributed by atoms with Crippen molar-refractivity contribution in [1.29, 1.82) is 0 Å². The number of benzene rings is 1. The Morgan fingerprint density at radius 2 is 1.81 bits per heavy atom. The Labute approximate surface area is 177 Å². The lowest BCUT2D eigenvalue weighted by atomic mass is 9.73. The lowest BCUT2D eigenvalue weighted by Crippen LogP contribution is -2.67. The number of rotatable bonds is 3. The third-order valence-electron chi connectivity index (χ3n) is 5.40. The first-order valence-electron chi connectivity index (χ1n) is 9.23. The number of carbonyl (C=O) groups is 1. The summed E-state index contributed by atoms with van der Waals surface area (Å²) in [5, 5.41) is 13.1. The van der Waals surface area contributed by atoms with Gasteiger partial charge in [-0.2, -0.15) is 26.3 Å². The lowest BCUT2D eigenvalue weighted by Gasteiger charge is -2.51. The Kier molecular flexibility index (Phi) is 5.57. The summed E-state index contributed by atoms with van der Waals surface area (Å²) in [6.07, 6.45) is -8.87. The van der Waals surface area contributed by atoms with Crippen molar-refractivity contribution in [2.75, 3.05) is 6.54 Å². The molecule has 0 saturated carbocycles. The van der Waals surface area contributed by atoms with Gasteiger partial charge in [-0.1, -0.05) is 6.07 Å². The first-order chi connectivity index (χ1) is 14.6. The molecule has 2 atom stereocenters. The topological polar surface area (TPSA) is 80.6 Å².